The summed E-state index contributed by atoms with van der Waals surface area (Å²) in [6.07, 6.45) is 0. The van der Waals surface area contributed by atoms with Crippen LogP contribution in [0.4, 0.5) is 5.69 Å². The van der Waals surface area contributed by atoms with Crippen LogP contribution >= 0.6 is 0 Å². The molecule has 0 bridgehead atoms. The number of nitrogens with zero attached hydrogens (tertiary/aromatic N) is 1. The van der Waals surface area contributed by atoms with Crippen LogP contribution in [0.2, 0.25) is 0 Å². The van der Waals surface area contributed by atoms with Crippen LogP contribution in [0, 0.1) is 0 Å². The highest BCUT2D eigenvalue weighted by atomic mass is 32.2. The molecule has 0 atom stereocenters. The molecule has 0 saturated heterocycles. The van der Waals surface area contributed by atoms with Crippen LogP contribution in [0.15, 0.2) is 47.4 Å². The van der Waals surface area contributed by atoms with Crippen molar-refractivity contribution in [3.8, 4) is 11.5 Å². The minimum absolute atomic E-state index is 0.140. The predicted molar refractivity (Wildman–Crippen MR) is 113 cm³/mol. The lowest BCUT2D eigenvalue weighted by Gasteiger charge is -2.19. The van der Waals surface area contributed by atoms with Crippen LogP contribution in [0.3, 0.4) is 0 Å². The van der Waals surface area contributed by atoms with Crippen molar-refractivity contribution in [3.05, 3.63) is 48.0 Å². The standard InChI is InChI=1S/C21H28N2O5S/c1-5-23(6-2)29(25,26)18-11-9-10-17(15-18)22-21(24)16-12-13-19(27-7-3)20(14-16)28-8-4/h9-15H,5-8H2,1-4H3,(H,22,24). The molecule has 0 spiro atoms. The van der Waals surface area contributed by atoms with E-state index in [-0.39, 0.29) is 10.8 Å². The van der Waals surface area contributed by atoms with Gasteiger partial charge >= 0.3 is 0 Å². The smallest absolute Gasteiger partial charge is 0.255 e. The van der Waals surface area contributed by atoms with Crippen LogP contribution in [0.5, 0.6) is 11.5 Å². The number of nitrogens with one attached hydrogen (secondary N) is 1. The first-order valence-corrected chi connectivity index (χ1v) is 11.1. The van der Waals surface area contributed by atoms with Crippen LogP contribution in [-0.4, -0.2) is 44.9 Å². The quantitative estimate of drug-likeness (QED) is 0.632. The van der Waals surface area contributed by atoms with Gasteiger partial charge in [0, 0.05) is 24.3 Å². The highest BCUT2D eigenvalue weighted by molar-refractivity contribution is 7.89. The maximum absolute atomic E-state index is 12.7. The molecule has 8 heteroatoms. The van der Waals surface area contributed by atoms with E-state index in [0.717, 1.165) is 0 Å². The fourth-order valence-corrected chi connectivity index (χ4v) is 4.35. The van der Waals surface area contributed by atoms with Gasteiger partial charge in [-0.05, 0) is 50.2 Å². The van der Waals surface area contributed by atoms with Gasteiger partial charge in [0.05, 0.1) is 18.1 Å². The third-order valence-corrected chi connectivity index (χ3v) is 6.29. The van der Waals surface area contributed by atoms with Crippen LogP contribution in [0.25, 0.3) is 0 Å². The van der Waals surface area contributed by atoms with Gasteiger partial charge in [0.25, 0.3) is 5.91 Å². The molecule has 2 rings (SSSR count). The van der Waals surface area contributed by atoms with Crippen molar-refractivity contribution in [2.45, 2.75) is 32.6 Å². The van der Waals surface area contributed by atoms with E-state index in [4.69, 9.17) is 9.47 Å². The summed E-state index contributed by atoms with van der Waals surface area (Å²) in [6, 6.07) is 11.2. The molecule has 1 N–H and O–H groups in total. The molecule has 1 amide bonds. The van der Waals surface area contributed by atoms with Crippen molar-refractivity contribution in [3.63, 3.8) is 0 Å². The van der Waals surface area contributed by atoms with Crippen LogP contribution in [-0.2, 0) is 10.0 Å². The number of carbonyl (C=O) groups is 1. The molecule has 158 valence electrons. The normalized spacial score (nSPS) is 11.3. The fourth-order valence-electron chi connectivity index (χ4n) is 2.84. The highest BCUT2D eigenvalue weighted by Crippen LogP contribution is 2.29. The molecule has 0 unspecified atom stereocenters. The summed E-state index contributed by atoms with van der Waals surface area (Å²) in [4.78, 5) is 12.8. The van der Waals surface area contributed by atoms with E-state index in [1.165, 1.54) is 16.4 Å². The summed E-state index contributed by atoms with van der Waals surface area (Å²) >= 11 is 0. The van der Waals surface area contributed by atoms with Crippen molar-refractivity contribution >= 4 is 21.6 Å². The number of sulfonamides is 1. The van der Waals surface area contributed by atoms with Gasteiger partial charge < -0.3 is 14.8 Å². The highest BCUT2D eigenvalue weighted by Gasteiger charge is 2.22. The Labute approximate surface area is 172 Å². The topological polar surface area (TPSA) is 84.9 Å². The third kappa shape index (κ3) is 5.48. The van der Waals surface area contributed by atoms with Crippen LogP contribution < -0.4 is 14.8 Å². The molecule has 29 heavy (non-hydrogen) atoms. The maximum Gasteiger partial charge on any atom is 0.255 e. The average molecular weight is 421 g/mol. The van der Waals surface area contributed by atoms with E-state index in [0.29, 0.717) is 49.1 Å². The van der Waals surface area contributed by atoms with Crippen molar-refractivity contribution in [1.29, 1.82) is 0 Å². The lowest BCUT2D eigenvalue weighted by Crippen LogP contribution is -2.30. The van der Waals surface area contributed by atoms with Gasteiger partial charge in [0.2, 0.25) is 10.0 Å². The summed E-state index contributed by atoms with van der Waals surface area (Å²) in [5.74, 6) is 0.685. The molecule has 0 heterocycles. The number of hydrogen-bond donors (Lipinski definition) is 1. The van der Waals surface area contributed by atoms with Crippen molar-refractivity contribution in [1.82, 2.24) is 4.31 Å². The number of ether oxygens (including phenoxy) is 2. The lowest BCUT2D eigenvalue weighted by molar-refractivity contribution is 0.102. The SMILES string of the molecule is CCOc1ccc(C(=O)Nc2cccc(S(=O)(=O)N(CC)CC)c2)cc1OCC. The number of anilines is 1. The van der Waals surface area contributed by atoms with E-state index >= 15 is 0 Å². The Morgan fingerprint density at radius 2 is 1.59 bits per heavy atom. The molecule has 7 nitrogen and oxygen atoms in total. The van der Waals surface area contributed by atoms with Crippen molar-refractivity contribution in [2.24, 2.45) is 0 Å². The monoisotopic (exact) mass is 420 g/mol. The minimum atomic E-state index is -3.60. The average Bonchev–Trinajstić information content (AvgIpc) is 2.70. The molecule has 2 aromatic carbocycles. The number of carbonyl (C=O) groups excluding carboxylic acids is 1. The largest absolute Gasteiger partial charge is 0.490 e. The summed E-state index contributed by atoms with van der Waals surface area (Å²) in [6.45, 7) is 8.97. The maximum atomic E-state index is 12.7. The van der Waals surface area contributed by atoms with E-state index in [2.05, 4.69) is 5.32 Å². The summed E-state index contributed by atoms with van der Waals surface area (Å²) in [7, 11) is -3.60. The van der Waals surface area contributed by atoms with E-state index in [1.54, 1.807) is 44.2 Å². The zero-order valence-electron chi connectivity index (χ0n) is 17.3. The van der Waals surface area contributed by atoms with Gasteiger partial charge in [-0.1, -0.05) is 19.9 Å². The molecule has 0 aliphatic heterocycles. The minimum Gasteiger partial charge on any atom is -0.490 e. The first-order valence-electron chi connectivity index (χ1n) is 9.68. The number of amides is 1. The van der Waals surface area contributed by atoms with Gasteiger partial charge in [-0.25, -0.2) is 8.42 Å². The summed E-state index contributed by atoms with van der Waals surface area (Å²) < 4.78 is 37.8. The first kappa shape index (κ1) is 22.7. The van der Waals surface area contributed by atoms with Gasteiger partial charge in [0.15, 0.2) is 11.5 Å². The van der Waals surface area contributed by atoms with Crippen molar-refractivity contribution < 1.29 is 22.7 Å². The zero-order valence-corrected chi connectivity index (χ0v) is 18.1. The molecule has 0 aliphatic carbocycles. The van der Waals surface area contributed by atoms with Gasteiger partial charge in [-0.3, -0.25) is 4.79 Å². The fraction of sp³-hybridized carbons (Fsp3) is 0.381. The third-order valence-electron chi connectivity index (χ3n) is 4.24. The Balaban J connectivity index is 2.26. The number of benzene rings is 2. The van der Waals surface area contributed by atoms with E-state index in [1.807, 2.05) is 13.8 Å². The Hall–Kier alpha value is -2.58. The zero-order chi connectivity index (χ0) is 21.4. The van der Waals surface area contributed by atoms with Gasteiger partial charge in [0.1, 0.15) is 0 Å². The number of rotatable bonds is 10. The first-order chi connectivity index (χ1) is 13.9. The molecule has 0 aromatic heterocycles. The van der Waals surface area contributed by atoms with E-state index in [9.17, 15) is 13.2 Å². The number of hydrogen-bond acceptors (Lipinski definition) is 5. The molecular weight excluding hydrogens is 392 g/mol. The lowest BCUT2D eigenvalue weighted by atomic mass is 10.2. The Morgan fingerprint density at radius 1 is 0.931 bits per heavy atom. The second-order valence-corrected chi connectivity index (χ2v) is 8.04. The van der Waals surface area contributed by atoms with Gasteiger partial charge in [-0.2, -0.15) is 4.31 Å². The second-order valence-electron chi connectivity index (χ2n) is 6.10. The van der Waals surface area contributed by atoms with Gasteiger partial charge in [-0.15, -0.1) is 0 Å². The second kappa shape index (κ2) is 10.3. The molecule has 0 fully saturated rings. The summed E-state index contributed by atoms with van der Waals surface area (Å²) in [5.41, 5.74) is 0.781. The Bertz CT molecular complexity index is 940. The van der Waals surface area contributed by atoms with Crippen LogP contribution in [0.1, 0.15) is 38.1 Å². The molecule has 0 radical (unpaired) electrons. The molecule has 0 saturated carbocycles. The molecule has 0 aliphatic rings. The van der Waals surface area contributed by atoms with Crippen molar-refractivity contribution in [2.75, 3.05) is 31.6 Å². The molecule has 2 aromatic rings. The Morgan fingerprint density at radius 3 is 2.21 bits per heavy atom. The summed E-state index contributed by atoms with van der Waals surface area (Å²) in [5, 5.41) is 2.75. The predicted octanol–water partition coefficient (Wildman–Crippen LogP) is 3.77. The Kier molecular flexibility index (Phi) is 8.04. The molecular formula is C21H28N2O5S. The van der Waals surface area contributed by atoms with E-state index < -0.39 is 10.0 Å².